The molecule has 5 N–H and O–H groups in total. The minimum absolute atomic E-state index is 0.0422. The number of fused-ring (bicyclic) bond motifs is 3. The van der Waals surface area contributed by atoms with Crippen LogP contribution in [-0.4, -0.2) is 106 Å². The number of ether oxygens (including phenoxy) is 3. The molecule has 6 fully saturated rings. The zero-order valence-corrected chi connectivity index (χ0v) is 25.0. The van der Waals surface area contributed by atoms with E-state index in [-0.39, 0.29) is 41.8 Å². The summed E-state index contributed by atoms with van der Waals surface area (Å²) in [6.07, 6.45) is 3.82. The Balaban J connectivity index is 1.17. The van der Waals surface area contributed by atoms with Gasteiger partial charge in [-0.2, -0.15) is 0 Å². The summed E-state index contributed by atoms with van der Waals surface area (Å²) in [5, 5.41) is 52.0. The van der Waals surface area contributed by atoms with Crippen molar-refractivity contribution in [2.45, 2.75) is 127 Å². The predicted octanol–water partition coefficient (Wildman–Crippen LogP) is 1.96. The van der Waals surface area contributed by atoms with Crippen molar-refractivity contribution in [3.63, 3.8) is 0 Å². The number of rotatable bonds is 6. The zero-order chi connectivity index (χ0) is 29.5. The number of nitrogens with zero attached hydrogens (tertiary/aromatic N) is 1. The Labute approximate surface area is 243 Å². The van der Waals surface area contributed by atoms with Gasteiger partial charge in [-0.15, -0.1) is 0 Å². The first-order valence-corrected chi connectivity index (χ1v) is 15.9. The first-order chi connectivity index (χ1) is 19.4. The minimum atomic E-state index is -1.03. The molecule has 234 valence electrons. The monoisotopic (exact) mass is 581 g/mol. The van der Waals surface area contributed by atoms with Gasteiger partial charge in [0.2, 0.25) is 0 Å². The molecule has 0 radical (unpaired) electrons. The Morgan fingerprint density at radius 1 is 0.951 bits per heavy atom. The van der Waals surface area contributed by atoms with Crippen molar-refractivity contribution in [1.82, 2.24) is 4.90 Å². The Hall–Kier alpha value is -0.850. The molecule has 0 aromatic rings. The maximum absolute atomic E-state index is 11.6. The molecule has 0 aromatic carbocycles. The summed E-state index contributed by atoms with van der Waals surface area (Å²) in [6.45, 7) is 4.41. The highest BCUT2D eigenvalue weighted by Crippen LogP contribution is 2.73. The van der Waals surface area contributed by atoms with E-state index in [4.69, 9.17) is 14.2 Å². The summed E-state index contributed by atoms with van der Waals surface area (Å²) in [6, 6.07) is -0.595. The Kier molecular flexibility index (Phi) is 7.84. The molecule has 0 aromatic heterocycles. The Morgan fingerprint density at radius 3 is 2.37 bits per heavy atom. The molecule has 0 spiro atoms. The van der Waals surface area contributed by atoms with E-state index in [1.165, 1.54) is 0 Å². The van der Waals surface area contributed by atoms with E-state index in [0.717, 1.165) is 57.8 Å². The fraction of sp³-hybridized carbons (Fsp3) is 0.968. The maximum atomic E-state index is 11.6. The molecule has 2 aliphatic heterocycles. The SMILES string of the molecule is CN(C)[C@@H]1[C@@H](O)[C@H](O[C@H]2CC[C@@]3(C)[C@H](CC[C@@H]4[C@@H]3CC[C@]3(C)[C@@H]5CC[C@]43O[C@H](O)[C@H]5CC(=O)O)C2)O[C@H](CO)[C@H]1O. The Bertz CT molecular complexity index is 997. The number of likely N-dealkylation sites (N-methyl/N-ethyl adjacent to an activating group) is 1. The maximum Gasteiger partial charge on any atom is 0.303 e. The van der Waals surface area contributed by atoms with Gasteiger partial charge in [0.25, 0.3) is 0 Å². The lowest BCUT2D eigenvalue weighted by atomic mass is 9.42. The number of hydrogen-bond donors (Lipinski definition) is 5. The summed E-state index contributed by atoms with van der Waals surface area (Å²) >= 11 is 0. The van der Waals surface area contributed by atoms with Crippen molar-refractivity contribution < 1.29 is 44.5 Å². The molecule has 6 aliphatic rings. The van der Waals surface area contributed by atoms with Gasteiger partial charge in [0, 0.05) is 11.3 Å². The number of hydrogen-bond acceptors (Lipinski definition) is 9. The van der Waals surface area contributed by atoms with Gasteiger partial charge in [0.1, 0.15) is 18.3 Å². The summed E-state index contributed by atoms with van der Waals surface area (Å²) in [5.41, 5.74) is -0.384. The summed E-state index contributed by atoms with van der Waals surface area (Å²) < 4.78 is 18.9. The quantitative estimate of drug-likeness (QED) is 0.295. The third-order valence-electron chi connectivity index (χ3n) is 13.2. The third-order valence-corrected chi connectivity index (χ3v) is 13.2. The van der Waals surface area contributed by atoms with Gasteiger partial charge >= 0.3 is 5.97 Å². The van der Waals surface area contributed by atoms with Gasteiger partial charge in [0.05, 0.1) is 30.8 Å². The second kappa shape index (κ2) is 10.6. The molecule has 10 heteroatoms. The summed E-state index contributed by atoms with van der Waals surface area (Å²) in [5.74, 6) is 0.237. The molecule has 0 amide bonds. The molecule has 4 aliphatic carbocycles. The normalized spacial score (nSPS) is 54.8. The number of carboxylic acid groups (broad SMARTS) is 1. The van der Waals surface area contributed by atoms with Crippen LogP contribution in [0.2, 0.25) is 0 Å². The van der Waals surface area contributed by atoms with Crippen LogP contribution >= 0.6 is 0 Å². The molecule has 10 nitrogen and oxygen atoms in total. The minimum Gasteiger partial charge on any atom is -0.481 e. The second-order valence-electron chi connectivity index (χ2n) is 14.9. The molecular weight excluding hydrogens is 530 g/mol. The van der Waals surface area contributed by atoms with Crippen molar-refractivity contribution in [2.75, 3.05) is 20.7 Å². The van der Waals surface area contributed by atoms with Crippen LogP contribution in [0.3, 0.4) is 0 Å². The lowest BCUT2D eigenvalue weighted by Crippen LogP contribution is -2.67. The fourth-order valence-electron chi connectivity index (χ4n) is 11.2. The smallest absolute Gasteiger partial charge is 0.303 e. The first kappa shape index (κ1) is 30.2. The molecule has 2 bridgehead atoms. The van der Waals surface area contributed by atoms with Gasteiger partial charge in [-0.3, -0.25) is 4.79 Å². The standard InChI is InChI=1S/C31H51NO9/c1-29-10-7-17(39-28-26(37)24(32(3)4)25(36)22(15-33)40-28)13-16(29)5-6-21-20(29)8-11-30(2)19-9-12-31(21,30)41-27(38)18(19)14-23(34)35/h16-22,24-28,33,36-38H,5-15H2,1-4H3,(H,34,35)/t16-,17+,18+,19-,20+,21-,22-,24+,25-,26-,27+,28-,29+,30-,31+/m1/s1. The van der Waals surface area contributed by atoms with Crippen molar-refractivity contribution in [1.29, 1.82) is 0 Å². The molecule has 2 saturated heterocycles. The first-order valence-electron chi connectivity index (χ1n) is 15.9. The molecular formula is C31H51NO9. The highest BCUT2D eigenvalue weighted by Gasteiger charge is 2.72. The van der Waals surface area contributed by atoms with Crippen LogP contribution < -0.4 is 0 Å². The molecule has 6 rings (SSSR count). The fourth-order valence-corrected chi connectivity index (χ4v) is 11.2. The van der Waals surface area contributed by atoms with E-state index in [2.05, 4.69) is 13.8 Å². The molecule has 15 atom stereocenters. The average molecular weight is 582 g/mol. The average Bonchev–Trinajstić information content (AvgIpc) is 3.11. The van der Waals surface area contributed by atoms with E-state index >= 15 is 0 Å². The number of aliphatic hydroxyl groups is 4. The van der Waals surface area contributed by atoms with Gasteiger partial charge < -0.3 is 44.6 Å². The summed E-state index contributed by atoms with van der Waals surface area (Å²) in [4.78, 5) is 13.4. The van der Waals surface area contributed by atoms with E-state index in [9.17, 15) is 30.3 Å². The van der Waals surface area contributed by atoms with Crippen molar-refractivity contribution in [2.24, 2.45) is 40.4 Å². The predicted molar refractivity (Wildman–Crippen MR) is 147 cm³/mol. The lowest BCUT2D eigenvalue weighted by molar-refractivity contribution is -0.335. The second-order valence-corrected chi connectivity index (χ2v) is 14.9. The summed E-state index contributed by atoms with van der Waals surface area (Å²) in [7, 11) is 3.59. The molecule has 41 heavy (non-hydrogen) atoms. The van der Waals surface area contributed by atoms with E-state index in [1.54, 1.807) is 19.0 Å². The zero-order valence-electron chi connectivity index (χ0n) is 25.0. The largest absolute Gasteiger partial charge is 0.481 e. The third kappa shape index (κ3) is 4.45. The van der Waals surface area contributed by atoms with Crippen molar-refractivity contribution >= 4 is 5.97 Å². The molecule has 4 saturated carbocycles. The Morgan fingerprint density at radius 2 is 1.68 bits per heavy atom. The van der Waals surface area contributed by atoms with Crippen LogP contribution in [0, 0.1) is 40.4 Å². The van der Waals surface area contributed by atoms with Crippen LogP contribution in [0.1, 0.15) is 78.1 Å². The van der Waals surface area contributed by atoms with Crippen molar-refractivity contribution in [3.05, 3.63) is 0 Å². The highest BCUT2D eigenvalue weighted by atomic mass is 16.7. The number of carbonyl (C=O) groups is 1. The highest BCUT2D eigenvalue weighted by molar-refractivity contribution is 5.67. The van der Waals surface area contributed by atoms with Crippen LogP contribution in [0.4, 0.5) is 0 Å². The van der Waals surface area contributed by atoms with Crippen LogP contribution in [0.15, 0.2) is 0 Å². The van der Waals surface area contributed by atoms with E-state index in [1.807, 2.05) is 0 Å². The van der Waals surface area contributed by atoms with Gasteiger partial charge in [-0.1, -0.05) is 13.8 Å². The topological polar surface area (TPSA) is 149 Å². The number of carboxylic acids is 1. The molecule has 2 heterocycles. The van der Waals surface area contributed by atoms with Gasteiger partial charge in [-0.05, 0) is 101 Å². The van der Waals surface area contributed by atoms with Crippen LogP contribution in [0.5, 0.6) is 0 Å². The van der Waals surface area contributed by atoms with Crippen LogP contribution in [-0.2, 0) is 19.0 Å². The van der Waals surface area contributed by atoms with Gasteiger partial charge in [-0.25, -0.2) is 0 Å². The van der Waals surface area contributed by atoms with Gasteiger partial charge in [0.15, 0.2) is 12.6 Å². The van der Waals surface area contributed by atoms with Crippen molar-refractivity contribution in [3.8, 4) is 0 Å². The number of aliphatic hydroxyl groups excluding tert-OH is 4. The van der Waals surface area contributed by atoms with E-state index in [0.29, 0.717) is 17.8 Å². The molecule has 0 unspecified atom stereocenters. The van der Waals surface area contributed by atoms with Crippen LogP contribution in [0.25, 0.3) is 0 Å². The lowest BCUT2D eigenvalue weighted by Gasteiger charge is -2.67. The van der Waals surface area contributed by atoms with E-state index < -0.39 is 48.5 Å². The number of aliphatic carboxylic acids is 1.